The van der Waals surface area contributed by atoms with Crippen molar-refractivity contribution in [2.24, 2.45) is 5.84 Å². The summed E-state index contributed by atoms with van der Waals surface area (Å²) >= 11 is 0. The number of benzene rings is 1. The first-order chi connectivity index (χ1) is 9.10. The van der Waals surface area contributed by atoms with E-state index in [4.69, 9.17) is 10.4 Å². The van der Waals surface area contributed by atoms with Crippen molar-refractivity contribution in [3.05, 3.63) is 41.0 Å². The molecule has 4 N–H and O–H groups in total. The van der Waals surface area contributed by atoms with Gasteiger partial charge in [0, 0.05) is 5.56 Å². The Kier molecular flexibility index (Phi) is 3.76. The number of nitrogens with one attached hydrogen (secondary N) is 2. The first kappa shape index (κ1) is 13.0. The Hall–Kier alpha value is -2.41. The van der Waals surface area contributed by atoms with E-state index < -0.39 is 0 Å². The lowest BCUT2D eigenvalue weighted by Crippen LogP contribution is -2.23. The molecule has 0 aliphatic carbocycles. The number of carbonyl (C=O) groups excluding carboxylic acids is 1. The predicted octanol–water partition coefficient (Wildman–Crippen LogP) is 0.902. The molecule has 0 atom stereocenters. The Balaban J connectivity index is 2.01. The largest absolute Gasteiger partial charge is 0.343 e. The number of aryl methyl sites for hydroxylation is 2. The number of nitrogen functional groups attached to an aromatic ring is 1. The first-order valence-corrected chi connectivity index (χ1v) is 5.75. The van der Waals surface area contributed by atoms with Gasteiger partial charge in [-0.1, -0.05) is 5.16 Å². The molecule has 0 fully saturated rings. The molecule has 2 aromatic rings. The topological polar surface area (TPSA) is 106 Å². The smallest absolute Gasteiger partial charge is 0.251 e. The summed E-state index contributed by atoms with van der Waals surface area (Å²) in [5.74, 6) is 6.05. The van der Waals surface area contributed by atoms with Crippen LogP contribution in [0.3, 0.4) is 0 Å². The zero-order valence-electron chi connectivity index (χ0n) is 10.7. The van der Waals surface area contributed by atoms with Crippen LogP contribution in [0.4, 0.5) is 5.69 Å². The molecule has 7 heteroatoms. The highest BCUT2D eigenvalue weighted by molar-refractivity contribution is 5.94. The SMILES string of the molecule is Cc1noc(CNC(=O)c2ccc(NN)c(C)c2)n1. The average molecular weight is 261 g/mol. The molecule has 0 spiro atoms. The van der Waals surface area contributed by atoms with E-state index in [0.717, 1.165) is 11.3 Å². The summed E-state index contributed by atoms with van der Waals surface area (Å²) in [7, 11) is 0. The maximum absolute atomic E-state index is 11.9. The molecule has 0 saturated heterocycles. The molecule has 0 unspecified atom stereocenters. The number of amides is 1. The number of hydrazine groups is 1. The Morgan fingerprint density at radius 1 is 1.42 bits per heavy atom. The second-order valence-electron chi connectivity index (χ2n) is 4.09. The Morgan fingerprint density at radius 2 is 2.21 bits per heavy atom. The van der Waals surface area contributed by atoms with Gasteiger partial charge in [0.05, 0.1) is 12.2 Å². The minimum Gasteiger partial charge on any atom is -0.343 e. The molecule has 1 aromatic heterocycles. The summed E-state index contributed by atoms with van der Waals surface area (Å²) in [6.07, 6.45) is 0. The summed E-state index contributed by atoms with van der Waals surface area (Å²) in [5.41, 5.74) is 4.78. The predicted molar refractivity (Wildman–Crippen MR) is 69.2 cm³/mol. The molecule has 1 amide bonds. The van der Waals surface area contributed by atoms with Crippen molar-refractivity contribution in [2.45, 2.75) is 20.4 Å². The van der Waals surface area contributed by atoms with E-state index in [1.165, 1.54) is 0 Å². The van der Waals surface area contributed by atoms with Gasteiger partial charge in [-0.25, -0.2) is 0 Å². The number of hydrogen-bond donors (Lipinski definition) is 3. The Morgan fingerprint density at radius 3 is 2.79 bits per heavy atom. The molecular formula is C12H15N5O2. The van der Waals surface area contributed by atoms with E-state index in [0.29, 0.717) is 17.3 Å². The number of nitrogens with zero attached hydrogens (tertiary/aromatic N) is 2. The van der Waals surface area contributed by atoms with E-state index in [2.05, 4.69) is 20.9 Å². The van der Waals surface area contributed by atoms with E-state index in [-0.39, 0.29) is 12.5 Å². The third-order valence-electron chi connectivity index (χ3n) is 2.61. The van der Waals surface area contributed by atoms with Crippen LogP contribution in [0.2, 0.25) is 0 Å². The fourth-order valence-electron chi connectivity index (χ4n) is 1.64. The van der Waals surface area contributed by atoms with Gasteiger partial charge in [-0.15, -0.1) is 0 Å². The fraction of sp³-hybridized carbons (Fsp3) is 0.250. The van der Waals surface area contributed by atoms with E-state index >= 15 is 0 Å². The minimum absolute atomic E-state index is 0.204. The minimum atomic E-state index is -0.206. The van der Waals surface area contributed by atoms with Crippen LogP contribution in [0.1, 0.15) is 27.6 Å². The molecule has 100 valence electrons. The van der Waals surface area contributed by atoms with Crippen molar-refractivity contribution >= 4 is 11.6 Å². The molecule has 7 nitrogen and oxygen atoms in total. The number of nitrogens with two attached hydrogens (primary N) is 1. The lowest BCUT2D eigenvalue weighted by Gasteiger charge is -2.07. The second kappa shape index (κ2) is 5.49. The molecule has 0 radical (unpaired) electrons. The molecule has 0 saturated carbocycles. The van der Waals surface area contributed by atoms with Gasteiger partial charge >= 0.3 is 0 Å². The van der Waals surface area contributed by atoms with Crippen molar-refractivity contribution in [3.8, 4) is 0 Å². The summed E-state index contributed by atoms with van der Waals surface area (Å²) in [5, 5.41) is 6.35. The third-order valence-corrected chi connectivity index (χ3v) is 2.61. The second-order valence-corrected chi connectivity index (χ2v) is 4.09. The van der Waals surface area contributed by atoms with Crippen LogP contribution in [0.15, 0.2) is 22.7 Å². The number of carbonyl (C=O) groups is 1. The third kappa shape index (κ3) is 3.08. The maximum atomic E-state index is 11.9. The van der Waals surface area contributed by atoms with Crippen molar-refractivity contribution in [3.63, 3.8) is 0 Å². The van der Waals surface area contributed by atoms with Crippen molar-refractivity contribution < 1.29 is 9.32 Å². The molecule has 1 heterocycles. The molecule has 19 heavy (non-hydrogen) atoms. The standard InChI is InChI=1S/C12H15N5O2/c1-7-5-9(3-4-10(7)16-13)12(18)14-6-11-15-8(2)17-19-11/h3-5,16H,6,13H2,1-2H3,(H,14,18). The molecular weight excluding hydrogens is 246 g/mol. The van der Waals surface area contributed by atoms with Crippen LogP contribution in [-0.2, 0) is 6.54 Å². The van der Waals surface area contributed by atoms with Gasteiger partial charge in [0.15, 0.2) is 5.82 Å². The maximum Gasteiger partial charge on any atom is 0.251 e. The lowest BCUT2D eigenvalue weighted by molar-refractivity contribution is 0.0946. The van der Waals surface area contributed by atoms with Crippen LogP contribution in [0.25, 0.3) is 0 Å². The molecule has 2 rings (SSSR count). The molecule has 0 aliphatic heterocycles. The van der Waals surface area contributed by atoms with Crippen molar-refractivity contribution in [1.82, 2.24) is 15.5 Å². The molecule has 1 aromatic carbocycles. The summed E-state index contributed by atoms with van der Waals surface area (Å²) < 4.78 is 4.91. The van der Waals surface area contributed by atoms with Gasteiger partial charge < -0.3 is 15.3 Å². The number of aromatic nitrogens is 2. The first-order valence-electron chi connectivity index (χ1n) is 5.75. The quantitative estimate of drug-likeness (QED) is 0.557. The fourth-order valence-corrected chi connectivity index (χ4v) is 1.64. The van der Waals surface area contributed by atoms with Crippen LogP contribution >= 0.6 is 0 Å². The van der Waals surface area contributed by atoms with Crippen molar-refractivity contribution in [1.29, 1.82) is 0 Å². The number of hydrogen-bond acceptors (Lipinski definition) is 6. The van der Waals surface area contributed by atoms with E-state index in [1.807, 2.05) is 6.92 Å². The molecule has 0 aliphatic rings. The summed E-state index contributed by atoms with van der Waals surface area (Å²) in [6.45, 7) is 3.79. The summed E-state index contributed by atoms with van der Waals surface area (Å²) in [6, 6.07) is 5.20. The van der Waals surface area contributed by atoms with Crippen LogP contribution in [0, 0.1) is 13.8 Å². The van der Waals surface area contributed by atoms with Crippen LogP contribution in [0.5, 0.6) is 0 Å². The van der Waals surface area contributed by atoms with Crippen LogP contribution in [-0.4, -0.2) is 16.0 Å². The van der Waals surface area contributed by atoms with Gasteiger partial charge in [0.1, 0.15) is 0 Å². The number of rotatable bonds is 4. The van der Waals surface area contributed by atoms with E-state index in [1.54, 1.807) is 25.1 Å². The van der Waals surface area contributed by atoms with Crippen LogP contribution < -0.4 is 16.6 Å². The lowest BCUT2D eigenvalue weighted by atomic mass is 10.1. The highest BCUT2D eigenvalue weighted by Crippen LogP contribution is 2.15. The highest BCUT2D eigenvalue weighted by atomic mass is 16.5. The van der Waals surface area contributed by atoms with Gasteiger partial charge in [0.2, 0.25) is 5.89 Å². The van der Waals surface area contributed by atoms with Crippen molar-refractivity contribution in [2.75, 3.05) is 5.43 Å². The molecule has 0 bridgehead atoms. The zero-order valence-corrected chi connectivity index (χ0v) is 10.7. The van der Waals surface area contributed by atoms with Gasteiger partial charge in [-0.05, 0) is 37.6 Å². The normalized spacial score (nSPS) is 10.3. The van der Waals surface area contributed by atoms with Gasteiger partial charge in [-0.3, -0.25) is 10.6 Å². The Bertz CT molecular complexity index is 594. The monoisotopic (exact) mass is 261 g/mol. The van der Waals surface area contributed by atoms with E-state index in [9.17, 15) is 4.79 Å². The summed E-state index contributed by atoms with van der Waals surface area (Å²) in [4.78, 5) is 15.9. The average Bonchev–Trinajstić information content (AvgIpc) is 2.81. The van der Waals surface area contributed by atoms with Gasteiger partial charge in [0.25, 0.3) is 5.91 Å². The Labute approximate surface area is 110 Å². The highest BCUT2D eigenvalue weighted by Gasteiger charge is 2.09. The zero-order chi connectivity index (χ0) is 13.8. The van der Waals surface area contributed by atoms with Gasteiger partial charge in [-0.2, -0.15) is 4.98 Å². The number of anilines is 1.